The normalized spacial score (nSPS) is 16.0. The van der Waals surface area contributed by atoms with E-state index in [1.54, 1.807) is 0 Å². The van der Waals surface area contributed by atoms with Crippen molar-refractivity contribution in [1.82, 2.24) is 0 Å². The van der Waals surface area contributed by atoms with Gasteiger partial charge in [0.1, 0.15) is 0 Å². The van der Waals surface area contributed by atoms with Crippen LogP contribution in [0, 0.1) is 5.92 Å². The van der Waals surface area contributed by atoms with Crippen LogP contribution >= 0.6 is 0 Å². The Hall–Kier alpha value is 0. The van der Waals surface area contributed by atoms with E-state index in [2.05, 4.69) is 20.8 Å². The fourth-order valence-electron chi connectivity index (χ4n) is 1.50. The van der Waals surface area contributed by atoms with Gasteiger partial charge < -0.3 is 0 Å². The van der Waals surface area contributed by atoms with Crippen LogP contribution in [0.25, 0.3) is 0 Å². The van der Waals surface area contributed by atoms with E-state index in [1.807, 2.05) is 0 Å². The second-order valence-electron chi connectivity index (χ2n) is 4.30. The maximum absolute atomic E-state index is 2.27. The van der Waals surface area contributed by atoms with Crippen molar-refractivity contribution in [3.63, 3.8) is 0 Å². The molecule has 0 heterocycles. The Morgan fingerprint density at radius 3 is 1.50 bits per heavy atom. The largest absolute Gasteiger partial charge is 0.0654 e. The zero-order chi connectivity index (χ0) is 9.23. The molecule has 0 atom stereocenters. The third kappa shape index (κ3) is 10.0. The number of rotatable bonds is 3. The minimum atomic E-state index is 0.903. The number of hydrogen-bond acceptors (Lipinski definition) is 0. The Labute approximate surface area is 78.8 Å². The van der Waals surface area contributed by atoms with Gasteiger partial charge in [0, 0.05) is 0 Å². The molecule has 0 aromatic heterocycles. The first-order valence-electron chi connectivity index (χ1n) is 5.77. The Kier molecular flexibility index (Phi) is 9.09. The molecule has 0 nitrogen and oxygen atoms in total. The highest BCUT2D eigenvalue weighted by molar-refractivity contribution is 4.51. The van der Waals surface area contributed by atoms with Crippen LogP contribution in [0.5, 0.6) is 0 Å². The molecule has 74 valence electrons. The van der Waals surface area contributed by atoms with Crippen molar-refractivity contribution in [3.8, 4) is 0 Å². The quantitative estimate of drug-likeness (QED) is 0.571. The Morgan fingerprint density at radius 2 is 1.33 bits per heavy atom. The van der Waals surface area contributed by atoms with Gasteiger partial charge in [0.05, 0.1) is 0 Å². The molecule has 1 fully saturated rings. The van der Waals surface area contributed by atoms with E-state index in [4.69, 9.17) is 0 Å². The van der Waals surface area contributed by atoms with Gasteiger partial charge >= 0.3 is 0 Å². The Morgan fingerprint density at radius 1 is 0.917 bits per heavy atom. The second-order valence-corrected chi connectivity index (χ2v) is 4.30. The lowest BCUT2D eigenvalue weighted by Crippen LogP contribution is -1.83. The van der Waals surface area contributed by atoms with Crippen molar-refractivity contribution in [2.24, 2.45) is 5.92 Å². The van der Waals surface area contributed by atoms with Gasteiger partial charge in [-0.15, -0.1) is 0 Å². The SMILES string of the molecule is C1CCCC1.CCCCC(C)C. The van der Waals surface area contributed by atoms with Crippen LogP contribution in [0.3, 0.4) is 0 Å². The lowest BCUT2D eigenvalue weighted by Gasteiger charge is -1.98. The van der Waals surface area contributed by atoms with E-state index in [0.717, 1.165) is 5.92 Å². The van der Waals surface area contributed by atoms with Gasteiger partial charge in [-0.25, -0.2) is 0 Å². The van der Waals surface area contributed by atoms with Crippen LogP contribution in [0.15, 0.2) is 0 Å². The van der Waals surface area contributed by atoms with Crippen molar-refractivity contribution in [3.05, 3.63) is 0 Å². The minimum Gasteiger partial charge on any atom is -0.0654 e. The van der Waals surface area contributed by atoms with Crippen LogP contribution in [-0.4, -0.2) is 0 Å². The molecule has 1 aliphatic rings. The van der Waals surface area contributed by atoms with E-state index in [1.165, 1.54) is 51.4 Å². The predicted octanol–water partition coefficient (Wildman–Crippen LogP) is 4.78. The first-order valence-corrected chi connectivity index (χ1v) is 5.77. The summed E-state index contributed by atoms with van der Waals surface area (Å²) in [7, 11) is 0. The van der Waals surface area contributed by atoms with Crippen LogP contribution in [0.2, 0.25) is 0 Å². The van der Waals surface area contributed by atoms with Crippen LogP contribution in [0.4, 0.5) is 0 Å². The summed E-state index contributed by atoms with van der Waals surface area (Å²) in [5, 5.41) is 0. The first kappa shape index (κ1) is 12.0. The summed E-state index contributed by atoms with van der Waals surface area (Å²) in [6.07, 6.45) is 11.6. The average Bonchev–Trinajstić information content (AvgIpc) is 2.57. The third-order valence-corrected chi connectivity index (χ3v) is 2.39. The van der Waals surface area contributed by atoms with Gasteiger partial charge in [-0.1, -0.05) is 72.1 Å². The zero-order valence-corrected chi connectivity index (χ0v) is 9.23. The highest BCUT2D eigenvalue weighted by Gasteiger charge is 1.95. The molecular weight excluding hydrogens is 144 g/mol. The van der Waals surface area contributed by atoms with Gasteiger partial charge in [-0.2, -0.15) is 0 Å². The van der Waals surface area contributed by atoms with Crippen molar-refractivity contribution >= 4 is 0 Å². The van der Waals surface area contributed by atoms with Crippen LogP contribution in [0.1, 0.15) is 72.1 Å². The van der Waals surface area contributed by atoms with Crippen molar-refractivity contribution < 1.29 is 0 Å². The van der Waals surface area contributed by atoms with E-state index in [0.29, 0.717) is 0 Å². The smallest absolute Gasteiger partial charge is 0.0471 e. The highest BCUT2D eigenvalue weighted by Crippen LogP contribution is 2.15. The van der Waals surface area contributed by atoms with E-state index < -0.39 is 0 Å². The second kappa shape index (κ2) is 9.09. The molecule has 0 amide bonds. The van der Waals surface area contributed by atoms with Gasteiger partial charge in [0.25, 0.3) is 0 Å². The molecule has 0 spiro atoms. The minimum absolute atomic E-state index is 0.903. The van der Waals surface area contributed by atoms with Crippen molar-refractivity contribution in [2.75, 3.05) is 0 Å². The molecule has 12 heavy (non-hydrogen) atoms. The molecule has 1 saturated carbocycles. The van der Waals surface area contributed by atoms with Gasteiger partial charge in [-0.3, -0.25) is 0 Å². The Balaban J connectivity index is 0.000000211. The molecule has 0 bridgehead atoms. The monoisotopic (exact) mass is 170 g/mol. The summed E-state index contributed by atoms with van der Waals surface area (Å²) >= 11 is 0. The Bertz CT molecular complexity index is 62.5. The molecule has 0 radical (unpaired) electrons. The summed E-state index contributed by atoms with van der Waals surface area (Å²) in [5.74, 6) is 0.903. The molecule has 0 aliphatic heterocycles. The standard InChI is InChI=1S/C7H16.C5H10/c1-4-5-6-7(2)3;1-2-4-5-3-1/h7H,4-6H2,1-3H3;1-5H2. The summed E-state index contributed by atoms with van der Waals surface area (Å²) < 4.78 is 0. The van der Waals surface area contributed by atoms with Gasteiger partial charge in [0.2, 0.25) is 0 Å². The van der Waals surface area contributed by atoms with Crippen molar-refractivity contribution in [1.29, 1.82) is 0 Å². The van der Waals surface area contributed by atoms with Crippen LogP contribution < -0.4 is 0 Å². The molecular formula is C12H26. The lowest BCUT2D eigenvalue weighted by atomic mass is 10.1. The van der Waals surface area contributed by atoms with E-state index in [9.17, 15) is 0 Å². The average molecular weight is 170 g/mol. The summed E-state index contributed by atoms with van der Waals surface area (Å²) in [6, 6.07) is 0. The maximum Gasteiger partial charge on any atom is -0.0471 e. The fraction of sp³-hybridized carbons (Fsp3) is 1.00. The van der Waals surface area contributed by atoms with E-state index in [-0.39, 0.29) is 0 Å². The highest BCUT2D eigenvalue weighted by atomic mass is 14.0. The molecule has 0 aromatic carbocycles. The molecule has 1 rings (SSSR count). The zero-order valence-electron chi connectivity index (χ0n) is 9.23. The molecule has 0 heteroatoms. The topological polar surface area (TPSA) is 0 Å². The summed E-state index contributed by atoms with van der Waals surface area (Å²) in [4.78, 5) is 0. The summed E-state index contributed by atoms with van der Waals surface area (Å²) in [6.45, 7) is 6.79. The summed E-state index contributed by atoms with van der Waals surface area (Å²) in [5.41, 5.74) is 0. The van der Waals surface area contributed by atoms with E-state index >= 15 is 0 Å². The molecule has 0 aromatic rings. The predicted molar refractivity (Wildman–Crippen MR) is 57.4 cm³/mol. The molecule has 0 unspecified atom stereocenters. The van der Waals surface area contributed by atoms with Gasteiger partial charge in [0.15, 0.2) is 0 Å². The van der Waals surface area contributed by atoms with Gasteiger partial charge in [-0.05, 0) is 5.92 Å². The van der Waals surface area contributed by atoms with Crippen LogP contribution in [-0.2, 0) is 0 Å². The molecule has 1 aliphatic carbocycles. The number of unbranched alkanes of at least 4 members (excludes halogenated alkanes) is 1. The number of hydrogen-bond donors (Lipinski definition) is 0. The fourth-order valence-corrected chi connectivity index (χ4v) is 1.50. The first-order chi connectivity index (χ1) is 5.77. The maximum atomic E-state index is 2.27. The van der Waals surface area contributed by atoms with Crippen molar-refractivity contribution in [2.45, 2.75) is 72.1 Å². The molecule has 0 N–H and O–H groups in total. The molecule has 0 saturated heterocycles. The third-order valence-electron chi connectivity index (χ3n) is 2.39. The lowest BCUT2D eigenvalue weighted by molar-refractivity contribution is 0.550.